The molecule has 3 heteroatoms. The van der Waals surface area contributed by atoms with E-state index in [0.29, 0.717) is 5.56 Å². The molecule has 4 aromatic rings. The van der Waals surface area contributed by atoms with E-state index in [2.05, 4.69) is 46.9 Å². The van der Waals surface area contributed by atoms with Crippen LogP contribution >= 0.6 is 0 Å². The average molecular weight is 480 g/mol. The van der Waals surface area contributed by atoms with Crippen LogP contribution in [-0.2, 0) is 23.3 Å². The Hall–Kier alpha value is -1.57. The maximum Gasteiger partial charge on any atom is 0.121 e. The molecule has 0 aliphatic rings. The molecule has 0 unspecified atom stereocenters. The van der Waals surface area contributed by atoms with Crippen LogP contribution in [0.4, 0.5) is 4.39 Å². The van der Waals surface area contributed by atoms with E-state index in [9.17, 15) is 4.39 Å². The smallest absolute Gasteiger partial charge is 0.121 e. The molecule has 0 bridgehead atoms. The van der Waals surface area contributed by atoms with Crippen LogP contribution in [0.1, 0.15) is 22.3 Å². The van der Waals surface area contributed by atoms with Crippen molar-refractivity contribution in [3.05, 3.63) is 94.8 Å². The Balaban J connectivity index is 0.000000195. The minimum Gasteiger partial charge on any atom is -0.207 e. The number of benzene rings is 2. The van der Waals surface area contributed by atoms with Gasteiger partial charge < -0.3 is 0 Å². The van der Waals surface area contributed by atoms with Crippen LogP contribution in [0.3, 0.4) is 0 Å². The Morgan fingerprint density at radius 3 is 1.83 bits per heavy atom. The summed E-state index contributed by atoms with van der Waals surface area (Å²) in [4.78, 5) is 0. The van der Waals surface area contributed by atoms with Gasteiger partial charge in [0.1, 0.15) is 5.82 Å². The molecule has 0 saturated heterocycles. The normalized spacial score (nSPS) is 10.1. The summed E-state index contributed by atoms with van der Waals surface area (Å²) < 4.78 is 13.7. The molecule has 29 heavy (non-hydrogen) atoms. The van der Waals surface area contributed by atoms with E-state index >= 15 is 0 Å². The number of aryl methyl sites for hydroxylation is 2. The van der Waals surface area contributed by atoms with Gasteiger partial charge in [-0.15, -0.1) is 46.7 Å². The summed E-state index contributed by atoms with van der Waals surface area (Å²) in [5, 5.41) is 2.26. The third-order valence-corrected chi connectivity index (χ3v) is 5.02. The molecule has 0 aliphatic carbocycles. The summed E-state index contributed by atoms with van der Waals surface area (Å²) in [6.45, 7) is 13.3. The zero-order valence-corrected chi connectivity index (χ0v) is 21.7. The van der Waals surface area contributed by atoms with Gasteiger partial charge in [-0.05, 0) is 11.6 Å². The van der Waals surface area contributed by atoms with Crippen molar-refractivity contribution in [2.24, 2.45) is 0 Å². The van der Waals surface area contributed by atoms with Crippen molar-refractivity contribution in [3.8, 4) is 11.1 Å². The van der Waals surface area contributed by atoms with Crippen molar-refractivity contribution in [1.29, 1.82) is 0 Å². The zero-order chi connectivity index (χ0) is 21.6. The first-order valence-electron chi connectivity index (χ1n) is 9.83. The van der Waals surface area contributed by atoms with Gasteiger partial charge in [0, 0.05) is 0 Å². The molecular formula is C26H29FSiZr. The fraction of sp³-hybridized carbons (Fsp3) is 0.231. The van der Waals surface area contributed by atoms with Crippen LogP contribution in [0.5, 0.6) is 0 Å². The molecule has 148 valence electrons. The maximum absolute atomic E-state index is 13.7. The Labute approximate surface area is 189 Å². The predicted molar refractivity (Wildman–Crippen MR) is 123 cm³/mol. The van der Waals surface area contributed by atoms with E-state index in [1.807, 2.05) is 48.5 Å². The molecule has 0 fully saturated rings. The molecule has 0 heterocycles. The van der Waals surface area contributed by atoms with Crippen molar-refractivity contribution in [2.75, 3.05) is 0 Å². The van der Waals surface area contributed by atoms with Crippen molar-refractivity contribution in [2.45, 2.75) is 40.8 Å². The molecule has 0 spiro atoms. The van der Waals surface area contributed by atoms with E-state index in [0.717, 1.165) is 16.3 Å². The van der Waals surface area contributed by atoms with Crippen LogP contribution in [0.2, 0.25) is 13.1 Å². The second-order valence-electron chi connectivity index (χ2n) is 7.57. The Morgan fingerprint density at radius 1 is 0.793 bits per heavy atom. The van der Waals surface area contributed by atoms with Crippen molar-refractivity contribution in [3.63, 3.8) is 0 Å². The summed E-state index contributed by atoms with van der Waals surface area (Å²) >= 11 is 1.74. The van der Waals surface area contributed by atoms with Gasteiger partial charge in [0.15, 0.2) is 0 Å². The summed E-state index contributed by atoms with van der Waals surface area (Å²) in [6, 6.07) is 21.2. The monoisotopic (exact) mass is 478 g/mol. The van der Waals surface area contributed by atoms with Crippen molar-refractivity contribution < 1.29 is 27.7 Å². The molecule has 0 radical (unpaired) electrons. The van der Waals surface area contributed by atoms with Crippen molar-refractivity contribution in [1.82, 2.24) is 0 Å². The van der Waals surface area contributed by atoms with Gasteiger partial charge in [-0.2, -0.15) is 28.3 Å². The predicted octanol–water partition coefficient (Wildman–Crippen LogP) is 7.79. The first-order chi connectivity index (χ1) is 13.7. The van der Waals surface area contributed by atoms with E-state index in [1.54, 1.807) is 29.4 Å². The van der Waals surface area contributed by atoms with E-state index in [4.69, 9.17) is 0 Å². The second-order valence-corrected chi connectivity index (χ2v) is 16.9. The fourth-order valence-electron chi connectivity index (χ4n) is 3.20. The first kappa shape index (κ1) is 23.7. The molecular weight excluding hydrogens is 451 g/mol. The van der Waals surface area contributed by atoms with Crippen LogP contribution in [0, 0.1) is 33.5 Å². The van der Waals surface area contributed by atoms with Gasteiger partial charge in [0.25, 0.3) is 0 Å². The van der Waals surface area contributed by atoms with Gasteiger partial charge in [-0.1, -0.05) is 52.0 Å². The summed E-state index contributed by atoms with van der Waals surface area (Å²) in [5.41, 5.74) is 7.59. The molecule has 0 aliphatic heterocycles. The minimum absolute atomic E-state index is 0.168. The Morgan fingerprint density at radius 2 is 1.31 bits per heavy atom. The molecule has 0 nitrogen and oxygen atoms in total. The van der Waals surface area contributed by atoms with Crippen LogP contribution in [0.25, 0.3) is 21.9 Å². The third-order valence-electron chi connectivity index (χ3n) is 5.02. The Kier molecular flexibility index (Phi) is 8.99. The average Bonchev–Trinajstić information content (AvgIpc) is 3.19. The van der Waals surface area contributed by atoms with Gasteiger partial charge in [0.05, 0.1) is 0 Å². The summed E-state index contributed by atoms with van der Waals surface area (Å²) in [5.74, 6) is -0.168. The number of hydrogen-bond acceptors (Lipinski definition) is 0. The number of hydrogen-bond donors (Lipinski definition) is 0. The van der Waals surface area contributed by atoms with E-state index < -0.39 is 0 Å². The van der Waals surface area contributed by atoms with Crippen molar-refractivity contribution >= 4 is 16.2 Å². The van der Waals surface area contributed by atoms with Crippen LogP contribution < -0.4 is 0 Å². The summed E-state index contributed by atoms with van der Waals surface area (Å²) in [7, 11) is 0. The number of fused-ring (bicyclic) bond motifs is 1. The SMILES string of the molecule is C[Si](C)=[Zr+2].Cc1[cH-]c(C)c(C)c1C.Fc1ccccc1-c1c[cH-]c2ccccc12. The van der Waals surface area contributed by atoms with E-state index in [1.165, 1.54) is 28.3 Å². The Bertz CT molecular complexity index is 1070. The molecule has 0 amide bonds. The van der Waals surface area contributed by atoms with E-state index in [-0.39, 0.29) is 11.3 Å². The number of halogens is 1. The zero-order valence-electron chi connectivity index (χ0n) is 18.2. The van der Waals surface area contributed by atoms with Gasteiger partial charge in [-0.25, -0.2) is 4.39 Å². The van der Waals surface area contributed by atoms with Gasteiger partial charge >= 0.3 is 41.9 Å². The second kappa shape index (κ2) is 11.0. The van der Waals surface area contributed by atoms with Crippen LogP contribution in [0.15, 0.2) is 66.7 Å². The quantitative estimate of drug-likeness (QED) is 0.193. The maximum atomic E-state index is 13.7. The fourth-order valence-corrected chi connectivity index (χ4v) is 3.20. The largest absolute Gasteiger partial charge is 0.207 e. The van der Waals surface area contributed by atoms with Gasteiger partial charge in [0.2, 0.25) is 0 Å². The molecule has 0 N–H and O–H groups in total. The minimum atomic E-state index is -0.168. The summed E-state index contributed by atoms with van der Waals surface area (Å²) in [6.07, 6.45) is 0. The molecule has 0 atom stereocenters. The standard InChI is InChI=1S/C15H10F.C9H13.C2H6Si.Zr/c16-15-8-4-3-7-14(15)13-10-9-11-5-1-2-6-12(11)13;1-6-5-7(2)9(4)8(6)3;1-3-2;/h1-10H;5H,1-4H3;1-2H3;/q2*-1;;+2. The third kappa shape index (κ3) is 6.46. The van der Waals surface area contributed by atoms with Gasteiger partial charge in [-0.3, -0.25) is 0 Å². The van der Waals surface area contributed by atoms with Crippen LogP contribution in [-0.4, -0.2) is 5.43 Å². The topological polar surface area (TPSA) is 0 Å². The number of rotatable bonds is 1. The molecule has 4 aromatic carbocycles. The first-order valence-corrected chi connectivity index (χ1v) is 16.0. The molecule has 0 aromatic heterocycles. The molecule has 0 saturated carbocycles. The molecule has 4 rings (SSSR count).